The summed E-state index contributed by atoms with van der Waals surface area (Å²) < 4.78 is 2.12. The Balaban J connectivity index is 1.38. The van der Waals surface area contributed by atoms with Crippen molar-refractivity contribution in [1.29, 1.82) is 0 Å². The molecule has 1 N–H and O–H groups in total. The maximum atomic E-state index is 11.0. The smallest absolute Gasteiger partial charge is 0.317 e. The minimum Gasteiger partial charge on any atom is -0.480 e. The van der Waals surface area contributed by atoms with E-state index in [2.05, 4.69) is 44.8 Å². The molecule has 0 spiro atoms. The molecule has 4 rings (SSSR count). The Bertz CT molecular complexity index is 966. The number of para-hydroxylation sites is 2. The Hall–Kier alpha value is -2.70. The number of hydrogen-bond donors (Lipinski definition) is 1. The van der Waals surface area contributed by atoms with E-state index in [1.165, 1.54) is 5.56 Å². The third-order valence-electron chi connectivity index (χ3n) is 5.87. The minimum absolute atomic E-state index is 0.120. The van der Waals surface area contributed by atoms with Gasteiger partial charge in [0.25, 0.3) is 0 Å². The summed E-state index contributed by atoms with van der Waals surface area (Å²) in [5, 5.41) is 9.02. The van der Waals surface area contributed by atoms with Crippen LogP contribution in [0.4, 0.5) is 0 Å². The topological polar surface area (TPSA) is 61.6 Å². The van der Waals surface area contributed by atoms with Gasteiger partial charge in [-0.1, -0.05) is 24.3 Å². The molecule has 1 atom stereocenters. The predicted octanol–water partition coefficient (Wildman–Crippen LogP) is 3.40. The number of nitrogens with zero attached hydrogens (tertiary/aromatic N) is 4. The molecule has 3 aromatic rings. The lowest BCUT2D eigenvalue weighted by molar-refractivity contribution is -0.138. The number of benzene rings is 2. The van der Waals surface area contributed by atoms with Crippen molar-refractivity contribution in [2.24, 2.45) is 0 Å². The molecule has 2 heterocycles. The normalized spacial score (nSPS) is 18.2. The maximum absolute atomic E-state index is 11.0. The molecule has 0 amide bonds. The number of rotatable bonds is 6. The second-order valence-corrected chi connectivity index (χ2v) is 7.94. The summed E-state index contributed by atoms with van der Waals surface area (Å²) >= 11 is 0. The average Bonchev–Trinajstić information content (AvgIpc) is 3.00. The largest absolute Gasteiger partial charge is 0.480 e. The first kappa shape index (κ1) is 19.6. The van der Waals surface area contributed by atoms with Crippen LogP contribution in [0.1, 0.15) is 24.8 Å². The van der Waals surface area contributed by atoms with Crippen molar-refractivity contribution >= 4 is 17.0 Å². The van der Waals surface area contributed by atoms with E-state index in [0.29, 0.717) is 6.04 Å². The molecular formula is C23H28N4O2. The lowest BCUT2D eigenvalue weighted by Gasteiger charge is -2.25. The minimum atomic E-state index is -0.751. The van der Waals surface area contributed by atoms with Crippen molar-refractivity contribution in [1.82, 2.24) is 19.4 Å². The van der Waals surface area contributed by atoms with Gasteiger partial charge in [-0.2, -0.15) is 0 Å². The monoisotopic (exact) mass is 392 g/mol. The fourth-order valence-electron chi connectivity index (χ4n) is 4.26. The summed E-state index contributed by atoms with van der Waals surface area (Å²) in [6.45, 7) is 3.11. The van der Waals surface area contributed by atoms with Gasteiger partial charge in [0.1, 0.15) is 6.33 Å². The first-order valence-corrected chi connectivity index (χ1v) is 10.3. The van der Waals surface area contributed by atoms with Crippen LogP contribution in [-0.2, 0) is 11.3 Å². The van der Waals surface area contributed by atoms with Crippen molar-refractivity contribution in [2.75, 3.05) is 26.7 Å². The van der Waals surface area contributed by atoms with E-state index in [9.17, 15) is 4.79 Å². The highest BCUT2D eigenvalue weighted by Crippen LogP contribution is 2.20. The zero-order valence-electron chi connectivity index (χ0n) is 16.9. The fraction of sp³-hybridized carbons (Fsp3) is 0.391. The SMILES string of the molecule is CN(CC(=O)O)C1CCCN(Cc2ccc(-n3cnc4ccccc43)cc2)CC1. The highest BCUT2D eigenvalue weighted by atomic mass is 16.4. The first-order valence-electron chi connectivity index (χ1n) is 10.3. The van der Waals surface area contributed by atoms with Gasteiger partial charge in [-0.05, 0) is 69.2 Å². The second kappa shape index (κ2) is 8.76. The Morgan fingerprint density at radius 3 is 2.72 bits per heavy atom. The number of carboxylic acids is 1. The molecule has 1 aliphatic heterocycles. The quantitative estimate of drug-likeness (QED) is 0.697. The summed E-state index contributed by atoms with van der Waals surface area (Å²) in [6, 6.07) is 17.2. The molecule has 2 aromatic carbocycles. The van der Waals surface area contributed by atoms with Crippen LogP contribution >= 0.6 is 0 Å². The van der Waals surface area contributed by atoms with Gasteiger partial charge in [0.15, 0.2) is 0 Å². The molecule has 1 unspecified atom stereocenters. The highest BCUT2D eigenvalue weighted by Gasteiger charge is 2.21. The number of aromatic nitrogens is 2. The number of imidazole rings is 1. The molecule has 1 aromatic heterocycles. The maximum Gasteiger partial charge on any atom is 0.317 e. The van der Waals surface area contributed by atoms with Crippen LogP contribution in [0, 0.1) is 0 Å². The van der Waals surface area contributed by atoms with Crippen LogP contribution in [-0.4, -0.2) is 63.2 Å². The van der Waals surface area contributed by atoms with Crippen molar-refractivity contribution in [3.63, 3.8) is 0 Å². The second-order valence-electron chi connectivity index (χ2n) is 7.94. The summed E-state index contributed by atoms with van der Waals surface area (Å²) in [6.07, 6.45) is 5.06. The summed E-state index contributed by atoms with van der Waals surface area (Å²) in [4.78, 5) is 19.9. The van der Waals surface area contributed by atoms with Crippen LogP contribution in [0.15, 0.2) is 54.9 Å². The lowest BCUT2D eigenvalue weighted by atomic mass is 10.1. The zero-order valence-corrected chi connectivity index (χ0v) is 16.9. The summed E-state index contributed by atoms with van der Waals surface area (Å²) in [5.41, 5.74) is 4.54. The van der Waals surface area contributed by atoms with Crippen LogP contribution < -0.4 is 0 Å². The van der Waals surface area contributed by atoms with Gasteiger partial charge in [0.2, 0.25) is 0 Å². The van der Waals surface area contributed by atoms with Gasteiger partial charge in [-0.25, -0.2) is 4.98 Å². The van der Waals surface area contributed by atoms with Gasteiger partial charge < -0.3 is 5.11 Å². The van der Waals surface area contributed by atoms with E-state index >= 15 is 0 Å². The van der Waals surface area contributed by atoms with Crippen LogP contribution in [0.2, 0.25) is 0 Å². The van der Waals surface area contributed by atoms with Crippen molar-refractivity contribution in [3.05, 3.63) is 60.4 Å². The molecule has 0 aliphatic carbocycles. The number of carbonyl (C=O) groups is 1. The van der Waals surface area contributed by atoms with Gasteiger partial charge in [-0.15, -0.1) is 0 Å². The standard InChI is InChI=1S/C23H28N4O2/c1-25(16-23(28)29)19-5-4-13-26(14-12-19)15-18-8-10-20(11-9-18)27-17-24-21-6-2-3-7-22(21)27/h2-3,6-11,17,19H,4-5,12-16H2,1H3,(H,28,29). The number of hydrogen-bond acceptors (Lipinski definition) is 4. The molecule has 0 bridgehead atoms. The number of likely N-dealkylation sites (N-methyl/N-ethyl adjacent to an activating group) is 1. The number of aliphatic carboxylic acids is 1. The van der Waals surface area contributed by atoms with Gasteiger partial charge in [0, 0.05) is 18.3 Å². The Morgan fingerprint density at radius 1 is 1.14 bits per heavy atom. The third kappa shape index (κ3) is 4.66. The Kier molecular flexibility index (Phi) is 5.92. The Morgan fingerprint density at radius 2 is 1.93 bits per heavy atom. The molecule has 6 nitrogen and oxygen atoms in total. The number of carboxylic acid groups (broad SMARTS) is 1. The summed E-state index contributed by atoms with van der Waals surface area (Å²) in [5.74, 6) is -0.751. The van der Waals surface area contributed by atoms with E-state index in [1.807, 2.05) is 36.5 Å². The van der Waals surface area contributed by atoms with Crippen LogP contribution in [0.25, 0.3) is 16.7 Å². The number of fused-ring (bicyclic) bond motifs is 1. The number of likely N-dealkylation sites (tertiary alicyclic amines) is 1. The molecule has 1 fully saturated rings. The lowest BCUT2D eigenvalue weighted by Crippen LogP contribution is -2.36. The molecule has 0 radical (unpaired) electrons. The molecular weight excluding hydrogens is 364 g/mol. The first-order chi connectivity index (χ1) is 14.1. The third-order valence-corrected chi connectivity index (χ3v) is 5.87. The molecule has 0 saturated carbocycles. The molecule has 1 aliphatic rings. The Labute approximate surface area is 171 Å². The van der Waals surface area contributed by atoms with E-state index in [-0.39, 0.29) is 6.54 Å². The van der Waals surface area contributed by atoms with Crippen molar-refractivity contribution in [3.8, 4) is 5.69 Å². The van der Waals surface area contributed by atoms with E-state index in [4.69, 9.17) is 5.11 Å². The van der Waals surface area contributed by atoms with Crippen LogP contribution in [0.5, 0.6) is 0 Å². The fourth-order valence-corrected chi connectivity index (χ4v) is 4.26. The van der Waals surface area contributed by atoms with E-state index in [1.54, 1.807) is 0 Å². The molecule has 29 heavy (non-hydrogen) atoms. The van der Waals surface area contributed by atoms with E-state index < -0.39 is 5.97 Å². The van der Waals surface area contributed by atoms with Crippen LogP contribution in [0.3, 0.4) is 0 Å². The van der Waals surface area contributed by atoms with Gasteiger partial charge in [0.05, 0.1) is 17.6 Å². The van der Waals surface area contributed by atoms with Gasteiger partial charge in [-0.3, -0.25) is 19.2 Å². The predicted molar refractivity (Wildman–Crippen MR) is 114 cm³/mol. The molecule has 1 saturated heterocycles. The highest BCUT2D eigenvalue weighted by molar-refractivity contribution is 5.77. The summed E-state index contributed by atoms with van der Waals surface area (Å²) in [7, 11) is 1.92. The van der Waals surface area contributed by atoms with E-state index in [0.717, 1.165) is 55.6 Å². The van der Waals surface area contributed by atoms with Crippen molar-refractivity contribution in [2.45, 2.75) is 31.8 Å². The average molecular weight is 393 g/mol. The van der Waals surface area contributed by atoms with Crippen molar-refractivity contribution < 1.29 is 9.90 Å². The zero-order chi connectivity index (χ0) is 20.2. The molecule has 6 heteroatoms. The molecule has 152 valence electrons. The van der Waals surface area contributed by atoms with Gasteiger partial charge >= 0.3 is 5.97 Å².